The Kier molecular flexibility index (Phi) is 3.74. The maximum Gasteiger partial charge on any atom is 0.269 e. The van der Waals surface area contributed by atoms with Crippen LogP contribution in [-0.2, 0) is 13.6 Å². The minimum absolute atomic E-state index is 0.163. The summed E-state index contributed by atoms with van der Waals surface area (Å²) in [5, 5.41) is 6.87. The molecule has 0 atom stereocenters. The molecule has 0 aromatic carbocycles. The molecule has 2 N–H and O–H groups in total. The van der Waals surface area contributed by atoms with Gasteiger partial charge in [-0.15, -0.1) is 0 Å². The van der Waals surface area contributed by atoms with Crippen molar-refractivity contribution in [3.05, 3.63) is 50.7 Å². The highest BCUT2D eigenvalue weighted by atomic mass is 16.2. The van der Waals surface area contributed by atoms with Crippen LogP contribution in [0.2, 0.25) is 0 Å². The topological polar surface area (TPSA) is 79.8 Å². The summed E-state index contributed by atoms with van der Waals surface area (Å²) in [5.74, 6) is -0.243. The van der Waals surface area contributed by atoms with Gasteiger partial charge in [0.1, 0.15) is 5.69 Å². The average molecular weight is 274 g/mol. The average Bonchev–Trinajstić information content (AvgIpc) is 2.66. The maximum absolute atomic E-state index is 12.1. The number of carbonyl (C=O) groups is 1. The molecule has 0 spiro atoms. The number of aromatic amines is 1. The van der Waals surface area contributed by atoms with Gasteiger partial charge in [-0.1, -0.05) is 0 Å². The SMILES string of the molecule is Cc1cc(C(=O)NCc2c(C)cc(C)[nH]c2=O)n(C)n1. The van der Waals surface area contributed by atoms with E-state index in [9.17, 15) is 9.59 Å². The first-order valence-corrected chi connectivity index (χ1v) is 6.36. The molecule has 0 aliphatic heterocycles. The molecule has 2 heterocycles. The van der Waals surface area contributed by atoms with Gasteiger partial charge < -0.3 is 10.3 Å². The predicted molar refractivity (Wildman–Crippen MR) is 75.7 cm³/mol. The van der Waals surface area contributed by atoms with Crippen LogP contribution in [-0.4, -0.2) is 20.7 Å². The van der Waals surface area contributed by atoms with Crippen molar-refractivity contribution in [2.45, 2.75) is 27.3 Å². The molecule has 0 saturated heterocycles. The summed E-state index contributed by atoms with van der Waals surface area (Å²) < 4.78 is 1.52. The number of carbonyl (C=O) groups excluding carboxylic acids is 1. The molecule has 6 nitrogen and oxygen atoms in total. The second kappa shape index (κ2) is 5.32. The summed E-state index contributed by atoms with van der Waals surface area (Å²) in [6, 6.07) is 3.60. The molecule has 2 aromatic rings. The van der Waals surface area contributed by atoms with E-state index >= 15 is 0 Å². The van der Waals surface area contributed by atoms with Crippen LogP contribution in [0.15, 0.2) is 16.9 Å². The van der Waals surface area contributed by atoms with Crippen molar-refractivity contribution < 1.29 is 4.79 Å². The van der Waals surface area contributed by atoms with E-state index in [1.54, 1.807) is 13.1 Å². The summed E-state index contributed by atoms with van der Waals surface area (Å²) in [4.78, 5) is 26.6. The van der Waals surface area contributed by atoms with Crippen LogP contribution in [0.1, 0.15) is 33.0 Å². The summed E-state index contributed by atoms with van der Waals surface area (Å²) >= 11 is 0. The first-order chi connectivity index (χ1) is 9.38. The van der Waals surface area contributed by atoms with Gasteiger partial charge in [0.15, 0.2) is 0 Å². The molecule has 1 amide bonds. The van der Waals surface area contributed by atoms with E-state index < -0.39 is 0 Å². The molecular formula is C14H18N4O2. The Morgan fingerprint density at radius 3 is 2.60 bits per heavy atom. The van der Waals surface area contributed by atoms with E-state index in [1.165, 1.54) is 4.68 Å². The van der Waals surface area contributed by atoms with Crippen LogP contribution in [0, 0.1) is 20.8 Å². The summed E-state index contributed by atoms with van der Waals surface area (Å²) in [7, 11) is 1.71. The fourth-order valence-corrected chi connectivity index (χ4v) is 2.18. The summed E-state index contributed by atoms with van der Waals surface area (Å²) in [5.41, 5.74) is 3.34. The van der Waals surface area contributed by atoms with E-state index in [4.69, 9.17) is 0 Å². The standard InChI is InChI=1S/C14H18N4O2/c1-8-5-9(2)16-13(19)11(8)7-15-14(20)12-6-10(3)17-18(12)4/h5-6H,7H2,1-4H3,(H,15,20)(H,16,19). The van der Waals surface area contributed by atoms with Gasteiger partial charge in [-0.05, 0) is 38.5 Å². The minimum Gasteiger partial charge on any atom is -0.346 e. The zero-order valence-corrected chi connectivity index (χ0v) is 12.1. The van der Waals surface area contributed by atoms with Gasteiger partial charge in [0.2, 0.25) is 0 Å². The van der Waals surface area contributed by atoms with Crippen LogP contribution in [0.3, 0.4) is 0 Å². The highest BCUT2D eigenvalue weighted by Gasteiger charge is 2.13. The van der Waals surface area contributed by atoms with Gasteiger partial charge in [-0.25, -0.2) is 0 Å². The Bertz CT molecular complexity index is 712. The predicted octanol–water partition coefficient (Wildman–Crippen LogP) is 0.964. The van der Waals surface area contributed by atoms with Crippen molar-refractivity contribution in [2.24, 2.45) is 7.05 Å². The van der Waals surface area contributed by atoms with Gasteiger partial charge in [0, 0.05) is 24.8 Å². The third kappa shape index (κ3) is 2.79. The number of amides is 1. The number of H-pyrrole nitrogens is 1. The zero-order chi connectivity index (χ0) is 14.9. The van der Waals surface area contributed by atoms with Gasteiger partial charge in [0.25, 0.3) is 11.5 Å². The number of aryl methyl sites for hydroxylation is 4. The van der Waals surface area contributed by atoms with E-state index in [-0.39, 0.29) is 18.0 Å². The second-order valence-corrected chi connectivity index (χ2v) is 4.92. The van der Waals surface area contributed by atoms with Crippen LogP contribution in [0.4, 0.5) is 0 Å². The lowest BCUT2D eigenvalue weighted by Gasteiger charge is -2.08. The van der Waals surface area contributed by atoms with E-state index in [0.29, 0.717) is 11.3 Å². The Hall–Kier alpha value is -2.37. The maximum atomic E-state index is 12.1. The summed E-state index contributed by atoms with van der Waals surface area (Å²) in [6.07, 6.45) is 0. The normalized spacial score (nSPS) is 10.6. The van der Waals surface area contributed by atoms with Gasteiger partial charge in [0.05, 0.1) is 5.69 Å². The first kappa shape index (κ1) is 14.0. The van der Waals surface area contributed by atoms with Crippen LogP contribution >= 0.6 is 0 Å². The number of pyridine rings is 1. The molecule has 2 aromatic heterocycles. The molecule has 0 unspecified atom stereocenters. The second-order valence-electron chi connectivity index (χ2n) is 4.92. The van der Waals surface area contributed by atoms with Crippen molar-refractivity contribution in [1.82, 2.24) is 20.1 Å². The molecule has 0 radical (unpaired) electrons. The third-order valence-corrected chi connectivity index (χ3v) is 3.15. The number of rotatable bonds is 3. The molecule has 0 saturated carbocycles. The highest BCUT2D eigenvalue weighted by molar-refractivity contribution is 5.92. The zero-order valence-electron chi connectivity index (χ0n) is 12.1. The van der Waals surface area contributed by atoms with E-state index in [1.807, 2.05) is 26.8 Å². The molecular weight excluding hydrogens is 256 g/mol. The van der Waals surface area contributed by atoms with E-state index in [2.05, 4.69) is 15.4 Å². The van der Waals surface area contributed by atoms with Gasteiger partial charge in [-0.2, -0.15) is 5.10 Å². The molecule has 0 aliphatic rings. The Morgan fingerprint density at radius 2 is 2.05 bits per heavy atom. The van der Waals surface area contributed by atoms with Crippen molar-refractivity contribution in [1.29, 1.82) is 0 Å². The lowest BCUT2D eigenvalue weighted by Crippen LogP contribution is -2.29. The number of hydrogen-bond donors (Lipinski definition) is 2. The minimum atomic E-state index is -0.243. The quantitative estimate of drug-likeness (QED) is 0.875. The van der Waals surface area contributed by atoms with Crippen molar-refractivity contribution in [3.8, 4) is 0 Å². The monoisotopic (exact) mass is 274 g/mol. The van der Waals surface area contributed by atoms with Crippen LogP contribution < -0.4 is 10.9 Å². The largest absolute Gasteiger partial charge is 0.346 e. The molecule has 0 bridgehead atoms. The smallest absolute Gasteiger partial charge is 0.269 e. The van der Waals surface area contributed by atoms with Crippen molar-refractivity contribution >= 4 is 5.91 Å². The Labute approximate surface area is 116 Å². The number of hydrogen-bond acceptors (Lipinski definition) is 3. The Morgan fingerprint density at radius 1 is 1.35 bits per heavy atom. The molecule has 20 heavy (non-hydrogen) atoms. The summed E-state index contributed by atoms with van der Waals surface area (Å²) in [6.45, 7) is 5.71. The van der Waals surface area contributed by atoms with Gasteiger partial charge >= 0.3 is 0 Å². The fraction of sp³-hybridized carbons (Fsp3) is 0.357. The molecule has 0 aliphatic carbocycles. The first-order valence-electron chi connectivity index (χ1n) is 6.36. The van der Waals surface area contributed by atoms with Crippen LogP contribution in [0.25, 0.3) is 0 Å². The van der Waals surface area contributed by atoms with Crippen molar-refractivity contribution in [3.63, 3.8) is 0 Å². The lowest BCUT2D eigenvalue weighted by molar-refractivity contribution is 0.0941. The van der Waals surface area contributed by atoms with Gasteiger partial charge in [-0.3, -0.25) is 14.3 Å². The third-order valence-electron chi connectivity index (χ3n) is 3.15. The number of nitrogens with zero attached hydrogens (tertiary/aromatic N) is 2. The van der Waals surface area contributed by atoms with Crippen molar-refractivity contribution in [2.75, 3.05) is 0 Å². The molecule has 2 rings (SSSR count). The molecule has 106 valence electrons. The number of aromatic nitrogens is 3. The highest BCUT2D eigenvalue weighted by Crippen LogP contribution is 2.05. The fourth-order valence-electron chi connectivity index (χ4n) is 2.18. The number of nitrogens with one attached hydrogen (secondary N) is 2. The van der Waals surface area contributed by atoms with Crippen LogP contribution in [0.5, 0.6) is 0 Å². The van der Waals surface area contributed by atoms with E-state index in [0.717, 1.165) is 17.0 Å². The molecule has 6 heteroatoms. The molecule has 0 fully saturated rings. The lowest BCUT2D eigenvalue weighted by atomic mass is 10.1. The Balaban J connectivity index is 2.15.